The number of aromatic carboxylic acids is 1. The molecule has 0 amide bonds. The van der Waals surface area contributed by atoms with Gasteiger partial charge in [-0.05, 0) is 12.1 Å². The molecule has 78 valence electrons. The van der Waals surface area contributed by atoms with Crippen LogP contribution in [-0.4, -0.2) is 30.3 Å². The average molecular weight is 206 g/mol. The zero-order valence-electron chi connectivity index (χ0n) is 8.39. The molecule has 5 heteroatoms. The van der Waals surface area contributed by atoms with Gasteiger partial charge in [-0.2, -0.15) is 0 Å². The quantitative estimate of drug-likeness (QED) is 0.808. The van der Waals surface area contributed by atoms with Crippen molar-refractivity contribution in [2.24, 2.45) is 0 Å². The van der Waals surface area contributed by atoms with Gasteiger partial charge in [0.15, 0.2) is 11.4 Å². The number of rotatable bonds is 2. The van der Waals surface area contributed by atoms with Crippen molar-refractivity contribution in [1.29, 1.82) is 0 Å². The minimum absolute atomic E-state index is 0.133. The molecule has 0 unspecified atom stereocenters. The molecule has 15 heavy (non-hydrogen) atoms. The molecule has 2 rings (SSSR count). The first-order valence-corrected chi connectivity index (χ1v) is 4.40. The second-order valence-corrected chi connectivity index (χ2v) is 3.39. The number of para-hydroxylation sites is 1. The highest BCUT2D eigenvalue weighted by Gasteiger charge is 2.16. The molecule has 0 aliphatic heterocycles. The van der Waals surface area contributed by atoms with E-state index in [-0.39, 0.29) is 5.56 Å². The summed E-state index contributed by atoms with van der Waals surface area (Å²) in [5.74, 6) is -0.379. The Labute approximate surface area is 85.9 Å². The van der Waals surface area contributed by atoms with Crippen LogP contribution in [0.25, 0.3) is 11.0 Å². The Kier molecular flexibility index (Phi) is 2.07. The van der Waals surface area contributed by atoms with Crippen LogP contribution < -0.4 is 4.90 Å². The lowest BCUT2D eigenvalue weighted by molar-refractivity contribution is 0.0697. The topological polar surface area (TPSA) is 66.6 Å². The molecule has 0 atom stereocenters. The third kappa shape index (κ3) is 1.41. The van der Waals surface area contributed by atoms with Gasteiger partial charge in [0, 0.05) is 14.1 Å². The van der Waals surface area contributed by atoms with E-state index in [1.165, 1.54) is 6.07 Å². The van der Waals surface area contributed by atoms with Gasteiger partial charge in [0.2, 0.25) is 0 Å². The summed E-state index contributed by atoms with van der Waals surface area (Å²) in [6.45, 7) is 0. The Hall–Kier alpha value is -2.04. The summed E-state index contributed by atoms with van der Waals surface area (Å²) in [4.78, 5) is 12.7. The molecule has 0 saturated carbocycles. The summed E-state index contributed by atoms with van der Waals surface area (Å²) in [5, 5.41) is 13.5. The summed E-state index contributed by atoms with van der Waals surface area (Å²) < 4.78 is 5.03. The van der Waals surface area contributed by atoms with E-state index in [2.05, 4.69) is 5.16 Å². The fourth-order valence-corrected chi connectivity index (χ4v) is 1.44. The zero-order valence-corrected chi connectivity index (χ0v) is 8.39. The van der Waals surface area contributed by atoms with Crippen LogP contribution in [0.1, 0.15) is 10.4 Å². The first kappa shape index (κ1) is 9.51. The highest BCUT2D eigenvalue weighted by atomic mass is 16.5. The van der Waals surface area contributed by atoms with Crippen molar-refractivity contribution >= 4 is 22.8 Å². The molecule has 5 nitrogen and oxygen atoms in total. The van der Waals surface area contributed by atoms with Crippen LogP contribution in [0.3, 0.4) is 0 Å². The average Bonchev–Trinajstić information content (AvgIpc) is 2.59. The van der Waals surface area contributed by atoms with Crippen LogP contribution in [0.5, 0.6) is 0 Å². The number of anilines is 1. The number of fused-ring (bicyclic) bond motifs is 1. The molecule has 0 spiro atoms. The predicted molar refractivity (Wildman–Crippen MR) is 55.3 cm³/mol. The predicted octanol–water partition coefficient (Wildman–Crippen LogP) is 1.59. The molecule has 0 aliphatic rings. The minimum atomic E-state index is -1.01. The summed E-state index contributed by atoms with van der Waals surface area (Å²) >= 11 is 0. The summed E-state index contributed by atoms with van der Waals surface area (Å²) in [6, 6.07) is 4.96. The Bertz CT molecular complexity index is 516. The van der Waals surface area contributed by atoms with Gasteiger partial charge in [-0.25, -0.2) is 4.79 Å². The number of carbonyl (C=O) groups is 1. The molecule has 0 fully saturated rings. The Morgan fingerprint density at radius 1 is 1.47 bits per heavy atom. The fraction of sp³-hybridized carbons (Fsp3) is 0.200. The Morgan fingerprint density at radius 3 is 2.80 bits per heavy atom. The van der Waals surface area contributed by atoms with E-state index in [1.807, 2.05) is 14.1 Å². The minimum Gasteiger partial charge on any atom is -0.478 e. The maximum absolute atomic E-state index is 10.9. The summed E-state index contributed by atoms with van der Waals surface area (Å²) in [5.41, 5.74) is 0.446. The third-order valence-electron chi connectivity index (χ3n) is 2.13. The van der Waals surface area contributed by atoms with Gasteiger partial charge in [0.1, 0.15) is 5.56 Å². The Balaban J connectivity index is 2.74. The van der Waals surface area contributed by atoms with Crippen molar-refractivity contribution in [2.45, 2.75) is 0 Å². The first-order valence-electron chi connectivity index (χ1n) is 4.40. The standard InChI is InChI=1S/C10H10N2O3/c1-12(2)9-6-4-3-5-7(10(13)14)8(6)15-11-9/h3-5H,1-2H3,(H,13,14). The molecule has 1 heterocycles. The number of hydrogen-bond donors (Lipinski definition) is 1. The zero-order chi connectivity index (χ0) is 11.0. The molecule has 0 saturated heterocycles. The van der Waals surface area contributed by atoms with Gasteiger partial charge in [-0.3, -0.25) is 0 Å². The molecule has 0 bridgehead atoms. The van der Waals surface area contributed by atoms with Crippen LogP contribution in [-0.2, 0) is 0 Å². The highest BCUT2D eigenvalue weighted by molar-refractivity contribution is 6.03. The molecule has 0 aliphatic carbocycles. The maximum Gasteiger partial charge on any atom is 0.339 e. The molecular formula is C10H10N2O3. The highest BCUT2D eigenvalue weighted by Crippen LogP contribution is 2.27. The van der Waals surface area contributed by atoms with Crippen LogP contribution >= 0.6 is 0 Å². The fourth-order valence-electron chi connectivity index (χ4n) is 1.44. The van der Waals surface area contributed by atoms with E-state index in [4.69, 9.17) is 9.63 Å². The van der Waals surface area contributed by atoms with Crippen LogP contribution in [0.15, 0.2) is 22.7 Å². The molecule has 1 aromatic carbocycles. The van der Waals surface area contributed by atoms with Crippen LogP contribution in [0, 0.1) is 0 Å². The lowest BCUT2D eigenvalue weighted by atomic mass is 10.1. The largest absolute Gasteiger partial charge is 0.478 e. The van der Waals surface area contributed by atoms with Gasteiger partial charge in [-0.15, -0.1) is 0 Å². The molecule has 1 N–H and O–H groups in total. The third-order valence-corrected chi connectivity index (χ3v) is 2.13. The van der Waals surface area contributed by atoms with Crippen LogP contribution in [0.2, 0.25) is 0 Å². The number of hydrogen-bond acceptors (Lipinski definition) is 4. The van der Waals surface area contributed by atoms with Crippen molar-refractivity contribution < 1.29 is 14.4 Å². The maximum atomic E-state index is 10.9. The smallest absolute Gasteiger partial charge is 0.339 e. The normalized spacial score (nSPS) is 10.5. The van der Waals surface area contributed by atoms with Crippen molar-refractivity contribution in [2.75, 3.05) is 19.0 Å². The van der Waals surface area contributed by atoms with Crippen molar-refractivity contribution in [1.82, 2.24) is 5.16 Å². The van der Waals surface area contributed by atoms with Crippen LogP contribution in [0.4, 0.5) is 5.82 Å². The van der Waals surface area contributed by atoms with Gasteiger partial charge >= 0.3 is 5.97 Å². The van der Waals surface area contributed by atoms with Gasteiger partial charge in [0.05, 0.1) is 5.39 Å². The van der Waals surface area contributed by atoms with E-state index in [0.717, 1.165) is 0 Å². The second kappa shape index (κ2) is 3.27. The monoisotopic (exact) mass is 206 g/mol. The van der Waals surface area contributed by atoms with E-state index >= 15 is 0 Å². The summed E-state index contributed by atoms with van der Waals surface area (Å²) in [7, 11) is 3.65. The van der Waals surface area contributed by atoms with E-state index in [9.17, 15) is 4.79 Å². The number of nitrogens with zero attached hydrogens (tertiary/aromatic N) is 2. The molecule has 0 radical (unpaired) electrons. The number of aromatic nitrogens is 1. The molecular weight excluding hydrogens is 196 g/mol. The van der Waals surface area contributed by atoms with Crippen molar-refractivity contribution in [3.63, 3.8) is 0 Å². The lowest BCUT2D eigenvalue weighted by Crippen LogP contribution is -2.09. The molecule has 1 aromatic heterocycles. The Morgan fingerprint density at radius 2 is 2.20 bits per heavy atom. The van der Waals surface area contributed by atoms with E-state index < -0.39 is 5.97 Å². The van der Waals surface area contributed by atoms with E-state index in [0.29, 0.717) is 16.8 Å². The van der Waals surface area contributed by atoms with Crippen molar-refractivity contribution in [3.05, 3.63) is 23.8 Å². The number of carboxylic acid groups (broad SMARTS) is 1. The van der Waals surface area contributed by atoms with Crippen molar-refractivity contribution in [3.8, 4) is 0 Å². The summed E-state index contributed by atoms with van der Waals surface area (Å²) in [6.07, 6.45) is 0. The lowest BCUT2D eigenvalue weighted by Gasteiger charge is -2.06. The number of benzene rings is 1. The first-order chi connectivity index (χ1) is 7.11. The van der Waals surface area contributed by atoms with Gasteiger partial charge < -0.3 is 14.5 Å². The van der Waals surface area contributed by atoms with E-state index in [1.54, 1.807) is 17.0 Å². The van der Waals surface area contributed by atoms with Gasteiger partial charge in [0.25, 0.3) is 0 Å². The number of carboxylic acids is 1. The SMILES string of the molecule is CN(C)c1noc2c(C(=O)O)cccc12. The second-order valence-electron chi connectivity index (χ2n) is 3.39. The van der Waals surface area contributed by atoms with Gasteiger partial charge in [-0.1, -0.05) is 11.2 Å². The molecule has 2 aromatic rings.